The van der Waals surface area contributed by atoms with Crippen molar-refractivity contribution in [2.75, 3.05) is 11.9 Å². The molecule has 0 unspecified atom stereocenters. The van der Waals surface area contributed by atoms with E-state index >= 15 is 0 Å². The van der Waals surface area contributed by atoms with Crippen LogP contribution in [0.5, 0.6) is 0 Å². The zero-order valence-corrected chi connectivity index (χ0v) is 10.6. The van der Waals surface area contributed by atoms with Crippen molar-refractivity contribution >= 4 is 17.0 Å². The van der Waals surface area contributed by atoms with Crippen molar-refractivity contribution in [1.29, 1.82) is 5.26 Å². The minimum atomic E-state index is 0.710. The van der Waals surface area contributed by atoms with Crippen LogP contribution in [0.3, 0.4) is 0 Å². The standard InChI is InChI=1S/C14H14N2S/c1-11-4-5-12(10-15)14(9-11)16-7-6-13-3-2-8-17-13/h2-5,8-9,16H,6-7H2,1H3. The van der Waals surface area contributed by atoms with Crippen LogP contribution in [0.1, 0.15) is 16.0 Å². The fraction of sp³-hybridized carbons (Fsp3) is 0.214. The van der Waals surface area contributed by atoms with E-state index in [-0.39, 0.29) is 0 Å². The molecule has 0 saturated heterocycles. The van der Waals surface area contributed by atoms with Gasteiger partial charge >= 0.3 is 0 Å². The molecule has 0 atom stereocenters. The summed E-state index contributed by atoms with van der Waals surface area (Å²) in [4.78, 5) is 1.36. The molecule has 0 saturated carbocycles. The summed E-state index contributed by atoms with van der Waals surface area (Å²) in [5.74, 6) is 0. The van der Waals surface area contributed by atoms with Crippen LogP contribution in [0, 0.1) is 18.3 Å². The van der Waals surface area contributed by atoms with E-state index in [2.05, 4.69) is 28.9 Å². The number of thiophene rings is 1. The first kappa shape index (κ1) is 11.7. The molecule has 2 rings (SSSR count). The molecule has 0 amide bonds. The first-order chi connectivity index (χ1) is 8.29. The quantitative estimate of drug-likeness (QED) is 0.889. The van der Waals surface area contributed by atoms with Crippen molar-refractivity contribution < 1.29 is 0 Å². The zero-order chi connectivity index (χ0) is 12.1. The molecule has 1 aromatic carbocycles. The summed E-state index contributed by atoms with van der Waals surface area (Å²) >= 11 is 1.77. The molecule has 3 heteroatoms. The van der Waals surface area contributed by atoms with Crippen LogP contribution in [-0.4, -0.2) is 6.54 Å². The van der Waals surface area contributed by atoms with Crippen molar-refractivity contribution in [2.24, 2.45) is 0 Å². The van der Waals surface area contributed by atoms with Crippen molar-refractivity contribution in [1.82, 2.24) is 0 Å². The van der Waals surface area contributed by atoms with Gasteiger partial charge in [0.1, 0.15) is 6.07 Å². The van der Waals surface area contributed by atoms with Gasteiger partial charge in [-0.2, -0.15) is 5.26 Å². The van der Waals surface area contributed by atoms with Gasteiger partial charge in [0, 0.05) is 11.4 Å². The Morgan fingerprint density at radius 3 is 2.94 bits per heavy atom. The Morgan fingerprint density at radius 1 is 1.35 bits per heavy atom. The third-order valence-corrected chi connectivity index (χ3v) is 3.50. The highest BCUT2D eigenvalue weighted by Gasteiger charge is 2.01. The van der Waals surface area contributed by atoms with E-state index in [4.69, 9.17) is 5.26 Å². The molecule has 17 heavy (non-hydrogen) atoms. The lowest BCUT2D eigenvalue weighted by Crippen LogP contribution is -2.05. The highest BCUT2D eigenvalue weighted by Crippen LogP contribution is 2.17. The summed E-state index contributed by atoms with van der Waals surface area (Å²) in [6.07, 6.45) is 0.997. The van der Waals surface area contributed by atoms with Crippen LogP contribution < -0.4 is 5.32 Å². The molecule has 1 heterocycles. The van der Waals surface area contributed by atoms with Gasteiger partial charge < -0.3 is 5.32 Å². The predicted octanol–water partition coefficient (Wildman–Crippen LogP) is 3.58. The van der Waals surface area contributed by atoms with Gasteiger partial charge in [0.15, 0.2) is 0 Å². The van der Waals surface area contributed by atoms with E-state index in [0.717, 1.165) is 18.7 Å². The Labute approximate surface area is 106 Å². The van der Waals surface area contributed by atoms with Gasteiger partial charge in [0.25, 0.3) is 0 Å². The molecule has 0 bridgehead atoms. The summed E-state index contributed by atoms with van der Waals surface area (Å²) in [6.45, 7) is 2.89. The number of aryl methyl sites for hydroxylation is 1. The van der Waals surface area contributed by atoms with Gasteiger partial charge in [-0.05, 0) is 42.5 Å². The summed E-state index contributed by atoms with van der Waals surface area (Å²) < 4.78 is 0. The van der Waals surface area contributed by atoms with Crippen LogP contribution in [0.25, 0.3) is 0 Å². The maximum atomic E-state index is 9.00. The molecule has 0 aliphatic rings. The van der Waals surface area contributed by atoms with E-state index in [1.807, 2.05) is 25.1 Å². The van der Waals surface area contributed by atoms with Gasteiger partial charge in [-0.15, -0.1) is 11.3 Å². The molecule has 2 nitrogen and oxygen atoms in total. The van der Waals surface area contributed by atoms with Crippen LogP contribution in [-0.2, 0) is 6.42 Å². The number of nitrogens with one attached hydrogen (secondary N) is 1. The second-order valence-corrected chi connectivity index (χ2v) is 4.95. The van der Waals surface area contributed by atoms with Crippen molar-refractivity contribution in [2.45, 2.75) is 13.3 Å². The highest BCUT2D eigenvalue weighted by atomic mass is 32.1. The number of nitriles is 1. The van der Waals surface area contributed by atoms with E-state index < -0.39 is 0 Å². The summed E-state index contributed by atoms with van der Waals surface area (Å²) in [6, 6.07) is 12.2. The molecule has 1 aromatic heterocycles. The molecule has 0 aliphatic carbocycles. The smallest absolute Gasteiger partial charge is 0.101 e. The van der Waals surface area contributed by atoms with E-state index in [1.54, 1.807) is 11.3 Å². The maximum absolute atomic E-state index is 9.00. The van der Waals surface area contributed by atoms with E-state index in [1.165, 1.54) is 10.4 Å². The second kappa shape index (κ2) is 5.51. The van der Waals surface area contributed by atoms with Gasteiger partial charge in [0.2, 0.25) is 0 Å². The van der Waals surface area contributed by atoms with Crippen molar-refractivity contribution in [3.63, 3.8) is 0 Å². The molecule has 2 aromatic rings. The molecule has 1 N–H and O–H groups in total. The first-order valence-electron chi connectivity index (χ1n) is 5.56. The maximum Gasteiger partial charge on any atom is 0.101 e. The Balaban J connectivity index is 1.99. The Hall–Kier alpha value is -1.79. The number of hydrogen-bond acceptors (Lipinski definition) is 3. The number of anilines is 1. The van der Waals surface area contributed by atoms with Gasteiger partial charge in [0.05, 0.1) is 11.3 Å². The summed E-state index contributed by atoms with van der Waals surface area (Å²) in [5.41, 5.74) is 2.81. The molecule has 0 radical (unpaired) electrons. The minimum absolute atomic E-state index is 0.710. The predicted molar refractivity (Wildman–Crippen MR) is 72.4 cm³/mol. The number of rotatable bonds is 4. The topological polar surface area (TPSA) is 35.8 Å². The number of benzene rings is 1. The lowest BCUT2D eigenvalue weighted by Gasteiger charge is -2.08. The molecule has 0 spiro atoms. The van der Waals surface area contributed by atoms with Crippen LogP contribution in [0.2, 0.25) is 0 Å². The Kier molecular flexibility index (Phi) is 3.79. The highest BCUT2D eigenvalue weighted by molar-refractivity contribution is 7.09. The van der Waals surface area contributed by atoms with Crippen LogP contribution >= 0.6 is 11.3 Å². The van der Waals surface area contributed by atoms with Crippen LogP contribution in [0.15, 0.2) is 35.7 Å². The molecule has 86 valence electrons. The Bertz CT molecular complexity index is 524. The van der Waals surface area contributed by atoms with Gasteiger partial charge in [-0.3, -0.25) is 0 Å². The first-order valence-corrected chi connectivity index (χ1v) is 6.44. The largest absolute Gasteiger partial charge is 0.384 e. The van der Waals surface area contributed by atoms with E-state index in [0.29, 0.717) is 5.56 Å². The number of hydrogen-bond donors (Lipinski definition) is 1. The lowest BCUT2D eigenvalue weighted by molar-refractivity contribution is 1.04. The fourth-order valence-electron chi connectivity index (χ4n) is 1.68. The molecule has 0 aliphatic heterocycles. The average Bonchev–Trinajstić information content (AvgIpc) is 2.82. The third-order valence-electron chi connectivity index (χ3n) is 2.56. The second-order valence-electron chi connectivity index (χ2n) is 3.92. The monoisotopic (exact) mass is 242 g/mol. The van der Waals surface area contributed by atoms with Crippen molar-refractivity contribution in [3.05, 3.63) is 51.7 Å². The molecular weight excluding hydrogens is 228 g/mol. The average molecular weight is 242 g/mol. The third kappa shape index (κ3) is 3.08. The minimum Gasteiger partial charge on any atom is -0.384 e. The number of nitrogens with zero attached hydrogens (tertiary/aromatic N) is 1. The Morgan fingerprint density at radius 2 is 2.24 bits per heavy atom. The molecular formula is C14H14N2S. The fourth-order valence-corrected chi connectivity index (χ4v) is 2.39. The normalized spacial score (nSPS) is 9.88. The van der Waals surface area contributed by atoms with Gasteiger partial charge in [-0.1, -0.05) is 12.1 Å². The summed E-state index contributed by atoms with van der Waals surface area (Å²) in [5, 5.41) is 14.4. The summed E-state index contributed by atoms with van der Waals surface area (Å²) in [7, 11) is 0. The molecule has 0 fully saturated rings. The van der Waals surface area contributed by atoms with Gasteiger partial charge in [-0.25, -0.2) is 0 Å². The van der Waals surface area contributed by atoms with Crippen LogP contribution in [0.4, 0.5) is 5.69 Å². The van der Waals surface area contributed by atoms with E-state index in [9.17, 15) is 0 Å². The van der Waals surface area contributed by atoms with Crippen molar-refractivity contribution in [3.8, 4) is 6.07 Å². The SMILES string of the molecule is Cc1ccc(C#N)c(NCCc2cccs2)c1. The zero-order valence-electron chi connectivity index (χ0n) is 9.73. The lowest BCUT2D eigenvalue weighted by atomic mass is 10.1.